The molecule has 0 spiro atoms. The standard InChI is InChI=1S/C25H27FN2O2/c1-15-2-7-21(26)22(8-15)28-23(29)19-3-5-20(6-4-19)27-24(30)25-12-16-9-17(13-25)11-18(10-16)14-25/h2-8,16-18H,9-14H2,1H3,(H,27,30)(H,28,29). The molecule has 2 N–H and O–H groups in total. The van der Waals surface area contributed by atoms with Crippen LogP contribution in [-0.2, 0) is 4.79 Å². The number of rotatable bonds is 4. The fraction of sp³-hybridized carbons (Fsp3) is 0.440. The summed E-state index contributed by atoms with van der Waals surface area (Å²) in [6.07, 6.45) is 6.97. The summed E-state index contributed by atoms with van der Waals surface area (Å²) in [5.74, 6) is 1.45. The van der Waals surface area contributed by atoms with Crippen LogP contribution in [0.5, 0.6) is 0 Å². The second-order valence-corrected chi connectivity index (χ2v) is 9.67. The molecule has 0 heterocycles. The van der Waals surface area contributed by atoms with Crippen molar-refractivity contribution in [2.75, 3.05) is 10.6 Å². The van der Waals surface area contributed by atoms with Crippen molar-refractivity contribution in [1.82, 2.24) is 0 Å². The van der Waals surface area contributed by atoms with Crippen LogP contribution in [0.15, 0.2) is 42.5 Å². The molecular weight excluding hydrogens is 379 g/mol. The van der Waals surface area contributed by atoms with Crippen LogP contribution in [0.4, 0.5) is 15.8 Å². The van der Waals surface area contributed by atoms with Crippen molar-refractivity contribution >= 4 is 23.2 Å². The smallest absolute Gasteiger partial charge is 0.255 e. The Morgan fingerprint density at radius 1 is 0.900 bits per heavy atom. The number of carbonyl (C=O) groups excluding carboxylic acids is 2. The maximum absolute atomic E-state index is 13.9. The van der Waals surface area contributed by atoms with Gasteiger partial charge in [0.05, 0.1) is 11.1 Å². The summed E-state index contributed by atoms with van der Waals surface area (Å²) in [7, 11) is 0. The van der Waals surface area contributed by atoms with E-state index in [9.17, 15) is 14.0 Å². The lowest BCUT2D eigenvalue weighted by atomic mass is 9.49. The molecule has 0 radical (unpaired) electrons. The monoisotopic (exact) mass is 406 g/mol. The van der Waals surface area contributed by atoms with Crippen LogP contribution in [0.1, 0.15) is 54.4 Å². The van der Waals surface area contributed by atoms with Gasteiger partial charge in [0.2, 0.25) is 5.91 Å². The Morgan fingerprint density at radius 3 is 2.10 bits per heavy atom. The Labute approximate surface area is 176 Å². The number of benzene rings is 2. The molecule has 5 heteroatoms. The van der Waals surface area contributed by atoms with E-state index in [0.717, 1.165) is 42.6 Å². The Kier molecular flexibility index (Phi) is 4.64. The molecule has 4 aliphatic carbocycles. The summed E-state index contributed by atoms with van der Waals surface area (Å²) in [4.78, 5) is 25.6. The van der Waals surface area contributed by atoms with Gasteiger partial charge in [-0.2, -0.15) is 0 Å². The topological polar surface area (TPSA) is 58.2 Å². The quantitative estimate of drug-likeness (QED) is 0.700. The Balaban J connectivity index is 1.26. The summed E-state index contributed by atoms with van der Waals surface area (Å²) in [6.45, 7) is 1.84. The van der Waals surface area contributed by atoms with Crippen molar-refractivity contribution in [3.05, 3.63) is 59.4 Å². The Hall–Kier alpha value is -2.69. The lowest BCUT2D eigenvalue weighted by molar-refractivity contribution is -0.140. The third kappa shape index (κ3) is 3.51. The third-order valence-electron chi connectivity index (χ3n) is 7.29. The minimum atomic E-state index is -0.464. The summed E-state index contributed by atoms with van der Waals surface area (Å²) >= 11 is 0. The maximum atomic E-state index is 13.9. The van der Waals surface area contributed by atoms with Gasteiger partial charge < -0.3 is 10.6 Å². The number of hydrogen-bond donors (Lipinski definition) is 2. The van der Waals surface area contributed by atoms with E-state index in [-0.39, 0.29) is 22.9 Å². The van der Waals surface area contributed by atoms with E-state index in [0.29, 0.717) is 11.3 Å². The minimum Gasteiger partial charge on any atom is -0.326 e. The van der Waals surface area contributed by atoms with Crippen LogP contribution in [-0.4, -0.2) is 11.8 Å². The Bertz CT molecular complexity index is 963. The Morgan fingerprint density at radius 2 is 1.50 bits per heavy atom. The molecule has 0 atom stereocenters. The van der Waals surface area contributed by atoms with Crippen LogP contribution < -0.4 is 10.6 Å². The summed E-state index contributed by atoms with van der Waals surface area (Å²) < 4.78 is 13.9. The minimum absolute atomic E-state index is 0.139. The first-order valence-electron chi connectivity index (χ1n) is 10.9. The first kappa shape index (κ1) is 19.3. The van der Waals surface area contributed by atoms with Gasteiger partial charge >= 0.3 is 0 Å². The van der Waals surface area contributed by atoms with Crippen LogP contribution in [0, 0.1) is 35.9 Å². The normalized spacial score (nSPS) is 28.9. The van der Waals surface area contributed by atoms with Gasteiger partial charge in [-0.3, -0.25) is 9.59 Å². The largest absolute Gasteiger partial charge is 0.326 e. The highest BCUT2D eigenvalue weighted by atomic mass is 19.1. The van der Waals surface area contributed by atoms with Crippen LogP contribution in [0.25, 0.3) is 0 Å². The molecule has 4 saturated carbocycles. The van der Waals surface area contributed by atoms with Gasteiger partial charge in [-0.05, 0) is 105 Å². The van der Waals surface area contributed by atoms with E-state index in [4.69, 9.17) is 0 Å². The number of hydrogen-bond acceptors (Lipinski definition) is 2. The number of carbonyl (C=O) groups is 2. The van der Waals surface area contributed by atoms with Gasteiger partial charge in [0.25, 0.3) is 5.91 Å². The molecule has 2 aromatic carbocycles. The van der Waals surface area contributed by atoms with Crippen LogP contribution in [0.2, 0.25) is 0 Å². The van der Waals surface area contributed by atoms with Crippen molar-refractivity contribution in [3.63, 3.8) is 0 Å². The van der Waals surface area contributed by atoms with E-state index in [1.165, 1.54) is 25.3 Å². The van der Waals surface area contributed by atoms with E-state index >= 15 is 0 Å². The average molecular weight is 407 g/mol. The van der Waals surface area contributed by atoms with Crippen molar-refractivity contribution in [2.45, 2.75) is 45.4 Å². The fourth-order valence-electron chi connectivity index (χ4n) is 6.29. The van der Waals surface area contributed by atoms with Crippen molar-refractivity contribution in [2.24, 2.45) is 23.2 Å². The molecule has 6 rings (SSSR count). The zero-order chi connectivity index (χ0) is 20.9. The lowest BCUT2D eigenvalue weighted by Crippen LogP contribution is -2.51. The highest BCUT2D eigenvalue weighted by molar-refractivity contribution is 6.05. The highest BCUT2D eigenvalue weighted by Crippen LogP contribution is 2.60. The number of nitrogens with one attached hydrogen (secondary N) is 2. The molecule has 30 heavy (non-hydrogen) atoms. The van der Waals surface area contributed by atoms with Crippen molar-refractivity contribution in [1.29, 1.82) is 0 Å². The van der Waals surface area contributed by atoms with Crippen LogP contribution in [0.3, 0.4) is 0 Å². The number of amides is 2. The van der Waals surface area contributed by atoms with Gasteiger partial charge in [-0.25, -0.2) is 4.39 Å². The van der Waals surface area contributed by atoms with Gasteiger partial charge in [-0.15, -0.1) is 0 Å². The molecule has 2 aromatic rings. The number of aryl methyl sites for hydroxylation is 1. The first-order chi connectivity index (χ1) is 14.4. The van der Waals surface area contributed by atoms with Gasteiger partial charge in [0.15, 0.2) is 0 Å². The second-order valence-electron chi connectivity index (χ2n) is 9.67. The molecule has 0 aliphatic heterocycles. The van der Waals surface area contributed by atoms with E-state index in [1.807, 2.05) is 6.92 Å². The molecular formula is C25H27FN2O2. The SMILES string of the molecule is Cc1ccc(F)c(NC(=O)c2ccc(NC(=O)C34CC5CC(CC(C5)C3)C4)cc2)c1. The molecule has 0 unspecified atom stereocenters. The average Bonchev–Trinajstić information content (AvgIpc) is 2.70. The zero-order valence-electron chi connectivity index (χ0n) is 17.2. The molecule has 2 amide bonds. The van der Waals surface area contributed by atoms with Crippen molar-refractivity contribution in [3.8, 4) is 0 Å². The van der Waals surface area contributed by atoms with E-state index < -0.39 is 5.82 Å². The third-order valence-corrected chi connectivity index (χ3v) is 7.29. The first-order valence-corrected chi connectivity index (χ1v) is 10.9. The maximum Gasteiger partial charge on any atom is 0.255 e. The molecule has 4 fully saturated rings. The molecule has 0 saturated heterocycles. The summed E-state index contributed by atoms with van der Waals surface area (Å²) in [5, 5.41) is 5.72. The second kappa shape index (κ2) is 7.22. The molecule has 4 nitrogen and oxygen atoms in total. The van der Waals surface area contributed by atoms with Crippen molar-refractivity contribution < 1.29 is 14.0 Å². The van der Waals surface area contributed by atoms with E-state index in [1.54, 1.807) is 36.4 Å². The lowest BCUT2D eigenvalue weighted by Gasteiger charge is -2.55. The fourth-order valence-corrected chi connectivity index (χ4v) is 6.29. The zero-order valence-corrected chi connectivity index (χ0v) is 17.2. The number of halogens is 1. The van der Waals surface area contributed by atoms with Gasteiger partial charge in [-0.1, -0.05) is 6.07 Å². The highest BCUT2D eigenvalue weighted by Gasteiger charge is 2.54. The predicted octanol–water partition coefficient (Wildman–Crippen LogP) is 5.54. The van der Waals surface area contributed by atoms with Gasteiger partial charge in [0, 0.05) is 11.3 Å². The molecule has 156 valence electrons. The molecule has 4 bridgehead atoms. The molecule has 0 aromatic heterocycles. The summed E-state index contributed by atoms with van der Waals surface area (Å²) in [6, 6.07) is 11.4. The summed E-state index contributed by atoms with van der Waals surface area (Å²) in [5.41, 5.74) is 1.96. The predicted molar refractivity (Wildman–Crippen MR) is 115 cm³/mol. The van der Waals surface area contributed by atoms with Gasteiger partial charge in [0.1, 0.15) is 5.82 Å². The molecule has 4 aliphatic rings. The van der Waals surface area contributed by atoms with Crippen LogP contribution >= 0.6 is 0 Å². The van der Waals surface area contributed by atoms with E-state index in [2.05, 4.69) is 10.6 Å². The number of anilines is 2.